The van der Waals surface area contributed by atoms with Crippen LogP contribution >= 0.6 is 11.8 Å². The van der Waals surface area contributed by atoms with Gasteiger partial charge in [-0.25, -0.2) is 4.98 Å². The Morgan fingerprint density at radius 3 is 2.80 bits per heavy atom. The van der Waals surface area contributed by atoms with E-state index in [4.69, 9.17) is 5.11 Å². The number of aliphatic hydroxyl groups is 1. The number of aromatic nitrogens is 2. The van der Waals surface area contributed by atoms with Crippen molar-refractivity contribution in [3.8, 4) is 0 Å². The van der Waals surface area contributed by atoms with Crippen LogP contribution in [0.4, 0.5) is 0 Å². The highest BCUT2D eigenvalue weighted by Gasteiger charge is 2.05. The minimum absolute atomic E-state index is 0.0573. The molecule has 0 saturated heterocycles. The smallest absolute Gasteiger partial charge is 0.167 e. The number of rotatable bonds is 6. The summed E-state index contributed by atoms with van der Waals surface area (Å²) in [6.07, 6.45) is 2.88. The molecule has 4 nitrogen and oxygen atoms in total. The van der Waals surface area contributed by atoms with Gasteiger partial charge in [-0.3, -0.25) is 0 Å². The molecule has 1 rings (SSSR count). The molecule has 86 valence electrons. The summed E-state index contributed by atoms with van der Waals surface area (Å²) in [5.74, 6) is 1.06. The van der Waals surface area contributed by atoms with Gasteiger partial charge < -0.3 is 14.6 Å². The largest absolute Gasteiger partial charge is 0.390 e. The highest BCUT2D eigenvalue weighted by Crippen LogP contribution is 2.17. The maximum absolute atomic E-state index is 9.00. The predicted octanol–water partition coefficient (Wildman–Crippen LogP) is 0.956. The summed E-state index contributed by atoms with van der Waals surface area (Å²) < 4.78 is 1.94. The second kappa shape index (κ2) is 6.15. The van der Waals surface area contributed by atoms with E-state index in [-0.39, 0.29) is 6.61 Å². The average molecular weight is 229 g/mol. The Bertz CT molecular complexity index is 299. The lowest BCUT2D eigenvalue weighted by atomic mass is 10.5. The van der Waals surface area contributed by atoms with E-state index in [0.717, 1.165) is 29.6 Å². The number of hydrogen-bond acceptors (Lipinski definition) is 4. The van der Waals surface area contributed by atoms with Crippen LogP contribution in [0, 0.1) is 0 Å². The molecule has 0 aliphatic carbocycles. The van der Waals surface area contributed by atoms with Gasteiger partial charge in [-0.1, -0.05) is 11.8 Å². The number of thioether (sulfide) groups is 1. The van der Waals surface area contributed by atoms with Gasteiger partial charge in [0.2, 0.25) is 0 Å². The number of nitrogens with zero attached hydrogens (tertiary/aromatic N) is 3. The Morgan fingerprint density at radius 1 is 1.53 bits per heavy atom. The molecule has 1 N–H and O–H groups in total. The van der Waals surface area contributed by atoms with Crippen LogP contribution < -0.4 is 0 Å². The van der Waals surface area contributed by atoms with E-state index >= 15 is 0 Å². The Hall–Kier alpha value is -0.520. The molecule has 0 aliphatic heterocycles. The van der Waals surface area contributed by atoms with Crippen LogP contribution in [0.5, 0.6) is 0 Å². The van der Waals surface area contributed by atoms with Crippen LogP contribution in [0.3, 0.4) is 0 Å². The molecule has 0 amide bonds. The van der Waals surface area contributed by atoms with Crippen molar-refractivity contribution >= 4 is 11.8 Å². The van der Waals surface area contributed by atoms with Gasteiger partial charge in [0.05, 0.1) is 18.5 Å². The molecule has 0 radical (unpaired) electrons. The van der Waals surface area contributed by atoms with Crippen molar-refractivity contribution in [1.29, 1.82) is 0 Å². The first-order chi connectivity index (χ1) is 7.15. The molecule has 0 spiro atoms. The third kappa shape index (κ3) is 3.85. The summed E-state index contributed by atoms with van der Waals surface area (Å²) in [6, 6.07) is 0. The minimum Gasteiger partial charge on any atom is -0.390 e. The van der Waals surface area contributed by atoms with Gasteiger partial charge in [0.25, 0.3) is 0 Å². The summed E-state index contributed by atoms with van der Waals surface area (Å²) in [5.41, 5.74) is 0.866. The standard InChI is InChI=1S/C10H19N3OS/c1-12(2)5-4-6-15-10-11-7-9(8-14)13(10)3/h7,14H,4-6,8H2,1-3H3. The summed E-state index contributed by atoms with van der Waals surface area (Å²) in [4.78, 5) is 6.43. The van der Waals surface area contributed by atoms with E-state index in [1.807, 2.05) is 11.6 Å². The van der Waals surface area contributed by atoms with Crippen molar-refractivity contribution in [2.45, 2.75) is 18.2 Å². The van der Waals surface area contributed by atoms with Crippen molar-refractivity contribution in [1.82, 2.24) is 14.5 Å². The maximum Gasteiger partial charge on any atom is 0.167 e. The first kappa shape index (κ1) is 12.5. The summed E-state index contributed by atoms with van der Waals surface area (Å²) in [5, 5.41) is 9.98. The van der Waals surface area contributed by atoms with Crippen molar-refractivity contribution in [2.24, 2.45) is 7.05 Å². The molecule has 0 aliphatic rings. The predicted molar refractivity (Wildman–Crippen MR) is 63.0 cm³/mol. The molecule has 1 heterocycles. The Labute approximate surface area is 95.3 Å². The van der Waals surface area contributed by atoms with Crippen LogP contribution in [-0.4, -0.2) is 46.0 Å². The SMILES string of the molecule is CN(C)CCCSc1ncc(CO)n1C. The van der Waals surface area contributed by atoms with E-state index in [9.17, 15) is 0 Å². The number of imidazole rings is 1. The quantitative estimate of drug-likeness (QED) is 0.582. The molecule has 0 atom stereocenters. The molecule has 1 aromatic rings. The molecule has 0 aromatic carbocycles. The molecule has 0 saturated carbocycles. The van der Waals surface area contributed by atoms with E-state index < -0.39 is 0 Å². The molecule has 0 bridgehead atoms. The minimum atomic E-state index is 0.0573. The van der Waals surface area contributed by atoms with Crippen LogP contribution in [0.15, 0.2) is 11.4 Å². The molecule has 0 fully saturated rings. The van der Waals surface area contributed by atoms with Gasteiger partial charge in [0.15, 0.2) is 5.16 Å². The van der Waals surface area contributed by atoms with Crippen molar-refractivity contribution < 1.29 is 5.11 Å². The normalized spacial score (nSPS) is 11.3. The van der Waals surface area contributed by atoms with Gasteiger partial charge in [-0.2, -0.15) is 0 Å². The lowest BCUT2D eigenvalue weighted by Crippen LogP contribution is -2.13. The summed E-state index contributed by atoms with van der Waals surface area (Å²) >= 11 is 1.74. The van der Waals surface area contributed by atoms with Crippen LogP contribution in [0.1, 0.15) is 12.1 Å². The van der Waals surface area contributed by atoms with Crippen molar-refractivity contribution in [3.05, 3.63) is 11.9 Å². The van der Waals surface area contributed by atoms with Gasteiger partial charge in [-0.05, 0) is 27.1 Å². The third-order valence-electron chi connectivity index (χ3n) is 2.18. The highest BCUT2D eigenvalue weighted by molar-refractivity contribution is 7.99. The zero-order chi connectivity index (χ0) is 11.3. The van der Waals surface area contributed by atoms with E-state index in [0.29, 0.717) is 0 Å². The summed E-state index contributed by atoms with van der Waals surface area (Å²) in [6.45, 7) is 1.16. The lowest BCUT2D eigenvalue weighted by molar-refractivity contribution is 0.271. The van der Waals surface area contributed by atoms with E-state index in [1.165, 1.54) is 0 Å². The fourth-order valence-electron chi connectivity index (χ4n) is 1.25. The van der Waals surface area contributed by atoms with Gasteiger partial charge in [0.1, 0.15) is 0 Å². The maximum atomic E-state index is 9.00. The summed E-state index contributed by atoms with van der Waals surface area (Å²) in [7, 11) is 6.09. The monoisotopic (exact) mass is 229 g/mol. The Kier molecular flexibility index (Phi) is 5.14. The fraction of sp³-hybridized carbons (Fsp3) is 0.700. The number of hydrogen-bond donors (Lipinski definition) is 1. The molecular weight excluding hydrogens is 210 g/mol. The lowest BCUT2D eigenvalue weighted by Gasteiger charge is -2.08. The van der Waals surface area contributed by atoms with Crippen LogP contribution in [-0.2, 0) is 13.7 Å². The Balaban J connectivity index is 2.34. The average Bonchev–Trinajstić information content (AvgIpc) is 2.54. The topological polar surface area (TPSA) is 41.3 Å². The van der Waals surface area contributed by atoms with Crippen molar-refractivity contribution in [3.63, 3.8) is 0 Å². The molecule has 5 heteroatoms. The third-order valence-corrected chi connectivity index (χ3v) is 3.31. The molecule has 1 aromatic heterocycles. The van der Waals surface area contributed by atoms with Gasteiger partial charge in [0, 0.05) is 12.8 Å². The Morgan fingerprint density at radius 2 is 2.27 bits per heavy atom. The first-order valence-electron chi connectivity index (χ1n) is 5.04. The first-order valence-corrected chi connectivity index (χ1v) is 6.02. The zero-order valence-electron chi connectivity index (χ0n) is 9.60. The van der Waals surface area contributed by atoms with Crippen LogP contribution in [0.25, 0.3) is 0 Å². The second-order valence-electron chi connectivity index (χ2n) is 3.75. The number of aliphatic hydroxyl groups excluding tert-OH is 1. The molecule has 15 heavy (non-hydrogen) atoms. The van der Waals surface area contributed by atoms with Crippen LogP contribution in [0.2, 0.25) is 0 Å². The van der Waals surface area contributed by atoms with E-state index in [1.54, 1.807) is 18.0 Å². The second-order valence-corrected chi connectivity index (χ2v) is 4.82. The van der Waals surface area contributed by atoms with Gasteiger partial charge in [-0.15, -0.1) is 0 Å². The fourth-order valence-corrected chi connectivity index (χ4v) is 2.15. The van der Waals surface area contributed by atoms with Crippen molar-refractivity contribution in [2.75, 3.05) is 26.4 Å². The van der Waals surface area contributed by atoms with Gasteiger partial charge >= 0.3 is 0 Å². The van der Waals surface area contributed by atoms with E-state index in [2.05, 4.69) is 24.0 Å². The zero-order valence-corrected chi connectivity index (χ0v) is 10.4. The highest BCUT2D eigenvalue weighted by atomic mass is 32.2. The molecular formula is C10H19N3OS. The molecule has 0 unspecified atom stereocenters.